The molecular weight excluding hydrogens is 405 g/mol. The predicted octanol–water partition coefficient (Wildman–Crippen LogP) is 4.12. The predicted molar refractivity (Wildman–Crippen MR) is 115 cm³/mol. The number of halogens is 1. The average molecular weight is 427 g/mol. The third kappa shape index (κ3) is 6.06. The van der Waals surface area contributed by atoms with Crippen LogP contribution in [0.25, 0.3) is 0 Å². The van der Waals surface area contributed by atoms with Crippen LogP contribution in [0.5, 0.6) is 0 Å². The number of hydrogen-bond donors (Lipinski definition) is 3. The Balaban J connectivity index is 1.89. The number of hydrogen-bond acceptors (Lipinski definition) is 3. The third-order valence-electron chi connectivity index (χ3n) is 4.83. The molecule has 0 aliphatic heterocycles. The van der Waals surface area contributed by atoms with Gasteiger partial charge in [-0.05, 0) is 65.8 Å². The average Bonchev–Trinajstić information content (AvgIpc) is 2.73. The van der Waals surface area contributed by atoms with Crippen LogP contribution in [-0.2, 0) is 24.1 Å². The van der Waals surface area contributed by atoms with Crippen molar-refractivity contribution in [3.05, 3.63) is 101 Å². The molecule has 3 rings (SSSR count). The van der Waals surface area contributed by atoms with E-state index in [1.807, 2.05) is 12.1 Å². The first kappa shape index (κ1) is 21.8. The Morgan fingerprint density at radius 1 is 0.967 bits per heavy atom. The van der Waals surface area contributed by atoms with Crippen molar-refractivity contribution >= 4 is 22.7 Å². The zero-order valence-corrected chi connectivity index (χ0v) is 16.9. The summed E-state index contributed by atoms with van der Waals surface area (Å²) in [7, 11) is 0. The SMILES string of the molecule is O=C(CO)c1cccc(CC(Cc2cccc(NS(=O)O)c2)c2ccc(F)cc2)c1. The van der Waals surface area contributed by atoms with Crippen LogP contribution in [0.4, 0.5) is 10.1 Å². The molecular formula is C23H22FNO4S. The highest BCUT2D eigenvalue weighted by Gasteiger charge is 2.15. The summed E-state index contributed by atoms with van der Waals surface area (Å²) in [4.78, 5) is 11.8. The first-order chi connectivity index (χ1) is 14.4. The quantitative estimate of drug-likeness (QED) is 0.354. The molecule has 0 spiro atoms. The number of rotatable bonds is 9. The molecule has 0 aliphatic carbocycles. The molecule has 30 heavy (non-hydrogen) atoms. The smallest absolute Gasteiger partial charge is 0.259 e. The standard InChI is InChI=1S/C23H22FNO4S/c24-21-9-7-18(8-10-21)20(12-16-3-1-5-19(11-16)23(27)15-26)13-17-4-2-6-22(14-17)25-30(28)29/h1-11,14,20,25-26H,12-13,15H2,(H,28,29). The number of nitrogens with one attached hydrogen (secondary N) is 1. The fourth-order valence-corrected chi connectivity index (χ4v) is 3.77. The largest absolute Gasteiger partial charge is 0.388 e. The summed E-state index contributed by atoms with van der Waals surface area (Å²) >= 11 is -2.16. The lowest BCUT2D eigenvalue weighted by atomic mass is 9.86. The van der Waals surface area contributed by atoms with E-state index in [1.165, 1.54) is 12.1 Å². The Morgan fingerprint density at radius 2 is 1.60 bits per heavy atom. The zero-order chi connectivity index (χ0) is 21.5. The number of ketones is 1. The molecule has 0 radical (unpaired) electrons. The minimum absolute atomic E-state index is 0.0139. The van der Waals surface area contributed by atoms with Gasteiger partial charge in [0.25, 0.3) is 11.3 Å². The van der Waals surface area contributed by atoms with Gasteiger partial charge in [0.05, 0.1) is 0 Å². The molecule has 2 unspecified atom stereocenters. The molecule has 5 nitrogen and oxygen atoms in total. The lowest BCUT2D eigenvalue weighted by Gasteiger charge is -2.19. The minimum atomic E-state index is -2.16. The second kappa shape index (κ2) is 10.2. The van der Waals surface area contributed by atoms with Gasteiger partial charge in [-0.1, -0.05) is 42.5 Å². The maximum atomic E-state index is 13.4. The highest BCUT2D eigenvalue weighted by Crippen LogP contribution is 2.27. The van der Waals surface area contributed by atoms with E-state index in [9.17, 15) is 13.4 Å². The molecule has 0 aliphatic rings. The topological polar surface area (TPSA) is 86.6 Å². The molecule has 3 aromatic rings. The van der Waals surface area contributed by atoms with E-state index < -0.39 is 17.9 Å². The number of anilines is 1. The van der Waals surface area contributed by atoms with Gasteiger partial charge in [0.15, 0.2) is 5.78 Å². The van der Waals surface area contributed by atoms with Gasteiger partial charge in [-0.25, -0.2) is 8.60 Å². The fraction of sp³-hybridized carbons (Fsp3) is 0.174. The van der Waals surface area contributed by atoms with E-state index in [0.717, 1.165) is 16.7 Å². The van der Waals surface area contributed by atoms with Crippen LogP contribution >= 0.6 is 0 Å². The Bertz CT molecular complexity index is 1040. The van der Waals surface area contributed by atoms with Crippen LogP contribution in [0.1, 0.15) is 33.0 Å². The first-order valence-electron chi connectivity index (χ1n) is 9.39. The number of aliphatic hydroxyl groups excluding tert-OH is 1. The van der Waals surface area contributed by atoms with Crippen LogP contribution in [-0.4, -0.2) is 26.3 Å². The summed E-state index contributed by atoms with van der Waals surface area (Å²) < 4.78 is 36.0. The molecule has 2 atom stereocenters. The van der Waals surface area contributed by atoms with Gasteiger partial charge in [-0.15, -0.1) is 0 Å². The van der Waals surface area contributed by atoms with Crippen molar-refractivity contribution in [1.29, 1.82) is 0 Å². The molecule has 3 N–H and O–H groups in total. The van der Waals surface area contributed by atoms with Gasteiger partial charge in [0.2, 0.25) is 0 Å². The Kier molecular flexibility index (Phi) is 7.46. The number of aliphatic hydroxyl groups is 1. The number of benzene rings is 3. The number of Topliss-reactive ketones (excluding diaryl/α,β-unsaturated/α-hetero) is 1. The fourth-order valence-electron chi connectivity index (χ4n) is 3.44. The maximum absolute atomic E-state index is 13.4. The van der Waals surface area contributed by atoms with E-state index in [4.69, 9.17) is 9.66 Å². The van der Waals surface area contributed by atoms with Crippen LogP contribution in [0, 0.1) is 5.82 Å². The zero-order valence-electron chi connectivity index (χ0n) is 16.1. The van der Waals surface area contributed by atoms with E-state index in [-0.39, 0.29) is 17.5 Å². The van der Waals surface area contributed by atoms with Crippen molar-refractivity contribution in [2.75, 3.05) is 11.3 Å². The molecule has 0 aromatic heterocycles. The van der Waals surface area contributed by atoms with Crippen molar-refractivity contribution in [2.45, 2.75) is 18.8 Å². The van der Waals surface area contributed by atoms with Gasteiger partial charge in [-0.3, -0.25) is 14.1 Å². The number of carbonyl (C=O) groups excluding carboxylic acids is 1. The van der Waals surface area contributed by atoms with Crippen LogP contribution < -0.4 is 4.72 Å². The van der Waals surface area contributed by atoms with E-state index in [2.05, 4.69) is 4.72 Å². The maximum Gasteiger partial charge on any atom is 0.259 e. The lowest BCUT2D eigenvalue weighted by molar-refractivity contribution is 0.0903. The molecule has 0 heterocycles. The first-order valence-corrected chi connectivity index (χ1v) is 10.5. The van der Waals surface area contributed by atoms with E-state index >= 15 is 0 Å². The van der Waals surface area contributed by atoms with Gasteiger partial charge < -0.3 is 5.11 Å². The Hall–Kier alpha value is -2.87. The van der Waals surface area contributed by atoms with Gasteiger partial charge in [-0.2, -0.15) is 0 Å². The molecule has 156 valence electrons. The van der Waals surface area contributed by atoms with Crippen LogP contribution in [0.2, 0.25) is 0 Å². The van der Waals surface area contributed by atoms with Crippen molar-refractivity contribution in [3.63, 3.8) is 0 Å². The van der Waals surface area contributed by atoms with Crippen molar-refractivity contribution in [1.82, 2.24) is 0 Å². The second-order valence-corrected chi connectivity index (χ2v) is 7.69. The van der Waals surface area contributed by atoms with Gasteiger partial charge in [0.1, 0.15) is 12.4 Å². The Labute approximate surface area is 177 Å². The molecule has 3 aromatic carbocycles. The number of carbonyl (C=O) groups is 1. The Morgan fingerprint density at radius 3 is 2.23 bits per heavy atom. The molecule has 0 bridgehead atoms. The molecule has 0 amide bonds. The summed E-state index contributed by atoms with van der Waals surface area (Å²) in [6.45, 7) is -0.545. The van der Waals surface area contributed by atoms with Crippen LogP contribution in [0.3, 0.4) is 0 Å². The summed E-state index contributed by atoms with van der Waals surface area (Å²) in [5.74, 6) is -0.671. The highest BCUT2D eigenvalue weighted by molar-refractivity contribution is 7.80. The van der Waals surface area contributed by atoms with E-state index in [1.54, 1.807) is 48.5 Å². The molecule has 0 saturated carbocycles. The molecule has 0 saturated heterocycles. The van der Waals surface area contributed by atoms with Crippen molar-refractivity contribution in [3.8, 4) is 0 Å². The van der Waals surface area contributed by atoms with Crippen molar-refractivity contribution in [2.24, 2.45) is 0 Å². The normalized spacial score (nSPS) is 12.9. The second-order valence-electron chi connectivity index (χ2n) is 6.99. The lowest BCUT2D eigenvalue weighted by Crippen LogP contribution is -2.09. The summed E-state index contributed by atoms with van der Waals surface area (Å²) in [6.07, 6.45) is 1.21. The third-order valence-corrected chi connectivity index (χ3v) is 5.24. The van der Waals surface area contributed by atoms with E-state index in [0.29, 0.717) is 24.1 Å². The van der Waals surface area contributed by atoms with Crippen LogP contribution in [0.15, 0.2) is 72.8 Å². The summed E-state index contributed by atoms with van der Waals surface area (Å²) in [6, 6.07) is 20.7. The highest BCUT2D eigenvalue weighted by atomic mass is 32.2. The molecule has 7 heteroatoms. The van der Waals surface area contributed by atoms with Crippen molar-refractivity contribution < 1.29 is 23.1 Å². The minimum Gasteiger partial charge on any atom is -0.388 e. The molecule has 0 fully saturated rings. The van der Waals surface area contributed by atoms with Gasteiger partial charge in [0, 0.05) is 11.3 Å². The summed E-state index contributed by atoms with van der Waals surface area (Å²) in [5, 5.41) is 9.12. The summed E-state index contributed by atoms with van der Waals surface area (Å²) in [5.41, 5.74) is 3.79. The van der Waals surface area contributed by atoms with Gasteiger partial charge >= 0.3 is 0 Å². The monoisotopic (exact) mass is 427 g/mol.